The largest absolute Gasteiger partial charge is 0.356 e. The van der Waals surface area contributed by atoms with Crippen molar-refractivity contribution in [2.45, 2.75) is 19.4 Å². The number of hydrogen-bond acceptors (Lipinski definition) is 6. The maximum absolute atomic E-state index is 11.5. The van der Waals surface area contributed by atoms with Crippen molar-refractivity contribution in [3.05, 3.63) is 18.3 Å². The lowest BCUT2D eigenvalue weighted by atomic mass is 10.2. The van der Waals surface area contributed by atoms with Gasteiger partial charge in [0, 0.05) is 13.1 Å². The van der Waals surface area contributed by atoms with Gasteiger partial charge in [0.05, 0.1) is 29.1 Å². The summed E-state index contributed by atoms with van der Waals surface area (Å²) in [5.41, 5.74) is 0.396. The van der Waals surface area contributed by atoms with Crippen LogP contribution in [0.5, 0.6) is 0 Å². The summed E-state index contributed by atoms with van der Waals surface area (Å²) in [4.78, 5) is 6.02. The summed E-state index contributed by atoms with van der Waals surface area (Å²) in [6.07, 6.45) is 2.02. The van der Waals surface area contributed by atoms with Crippen LogP contribution in [0.3, 0.4) is 0 Å². The molecule has 0 amide bonds. The number of sulfone groups is 1. The van der Waals surface area contributed by atoms with Gasteiger partial charge in [-0.2, -0.15) is 0 Å². The van der Waals surface area contributed by atoms with Gasteiger partial charge in [0.25, 0.3) is 0 Å². The Morgan fingerprint density at radius 1 is 1.43 bits per heavy atom. The molecule has 1 aromatic rings. The summed E-state index contributed by atoms with van der Waals surface area (Å²) >= 11 is 0. The highest BCUT2D eigenvalue weighted by atomic mass is 32.2. The second-order valence-corrected chi connectivity index (χ2v) is 9.32. The molecule has 7 nitrogen and oxygen atoms in total. The van der Waals surface area contributed by atoms with Crippen molar-refractivity contribution in [2.75, 3.05) is 33.9 Å². The van der Waals surface area contributed by atoms with E-state index in [-0.39, 0.29) is 23.3 Å². The first-order valence-electron chi connectivity index (χ1n) is 6.62. The zero-order valence-electron chi connectivity index (χ0n) is 12.0. The van der Waals surface area contributed by atoms with E-state index in [1.165, 1.54) is 6.20 Å². The number of sulfonamides is 1. The van der Waals surface area contributed by atoms with Gasteiger partial charge in [0.2, 0.25) is 10.0 Å². The summed E-state index contributed by atoms with van der Waals surface area (Å²) in [7, 11) is -4.47. The lowest BCUT2D eigenvalue weighted by Crippen LogP contribution is -2.33. The Bertz CT molecular complexity index is 699. The summed E-state index contributed by atoms with van der Waals surface area (Å²) < 4.78 is 48.3. The zero-order chi connectivity index (χ0) is 15.7. The van der Waals surface area contributed by atoms with Gasteiger partial charge in [-0.3, -0.25) is 4.72 Å². The quantitative estimate of drug-likeness (QED) is 0.841. The number of nitrogens with zero attached hydrogens (tertiary/aromatic N) is 2. The molecule has 1 saturated heterocycles. The first kappa shape index (κ1) is 16.0. The van der Waals surface area contributed by atoms with Gasteiger partial charge in [-0.05, 0) is 25.5 Å². The molecule has 21 heavy (non-hydrogen) atoms. The standard InChI is InChI=1S/C12H19N3O4S2/c1-3-21(18,19)14-10-4-5-12(13-8-10)15(2)11-6-7-20(16,17)9-11/h4-5,8,11,14H,3,6-7,9H2,1-2H3. The van der Waals surface area contributed by atoms with Crippen molar-refractivity contribution in [1.29, 1.82) is 0 Å². The number of nitrogens with one attached hydrogen (secondary N) is 1. The third-order valence-electron chi connectivity index (χ3n) is 3.52. The van der Waals surface area contributed by atoms with Gasteiger partial charge >= 0.3 is 0 Å². The average molecular weight is 333 g/mol. The second-order valence-electron chi connectivity index (χ2n) is 5.08. The fourth-order valence-corrected chi connectivity index (χ4v) is 4.57. The van der Waals surface area contributed by atoms with Crippen molar-refractivity contribution in [3.8, 4) is 0 Å². The lowest BCUT2D eigenvalue weighted by molar-refractivity contribution is 0.599. The van der Waals surface area contributed by atoms with Crippen LogP contribution in [0.2, 0.25) is 0 Å². The highest BCUT2D eigenvalue weighted by Crippen LogP contribution is 2.22. The van der Waals surface area contributed by atoms with Crippen molar-refractivity contribution < 1.29 is 16.8 Å². The molecule has 2 heterocycles. The van der Waals surface area contributed by atoms with Gasteiger partial charge in [-0.1, -0.05) is 0 Å². The molecule has 0 aliphatic carbocycles. The topological polar surface area (TPSA) is 96.4 Å². The van der Waals surface area contributed by atoms with E-state index < -0.39 is 19.9 Å². The lowest BCUT2D eigenvalue weighted by Gasteiger charge is -2.24. The number of anilines is 2. The molecule has 0 aromatic carbocycles. The van der Waals surface area contributed by atoms with E-state index in [9.17, 15) is 16.8 Å². The number of hydrogen-bond donors (Lipinski definition) is 1. The molecular weight excluding hydrogens is 314 g/mol. The van der Waals surface area contributed by atoms with Gasteiger partial charge in [-0.15, -0.1) is 0 Å². The maximum Gasteiger partial charge on any atom is 0.232 e. The molecule has 1 aliphatic heterocycles. The van der Waals surface area contributed by atoms with Crippen molar-refractivity contribution >= 4 is 31.4 Å². The van der Waals surface area contributed by atoms with Crippen LogP contribution in [0.1, 0.15) is 13.3 Å². The van der Waals surface area contributed by atoms with Crippen molar-refractivity contribution in [2.24, 2.45) is 0 Å². The zero-order valence-corrected chi connectivity index (χ0v) is 13.6. The third kappa shape index (κ3) is 4.07. The van der Waals surface area contributed by atoms with Crippen molar-refractivity contribution in [1.82, 2.24) is 4.98 Å². The third-order valence-corrected chi connectivity index (χ3v) is 6.58. The van der Waals surface area contributed by atoms with Crippen LogP contribution in [0.4, 0.5) is 11.5 Å². The van der Waals surface area contributed by atoms with Crippen molar-refractivity contribution in [3.63, 3.8) is 0 Å². The molecule has 1 aromatic heterocycles. The molecule has 0 bridgehead atoms. The summed E-state index contributed by atoms with van der Waals surface area (Å²) in [6, 6.07) is 3.22. The fraction of sp³-hybridized carbons (Fsp3) is 0.583. The van der Waals surface area contributed by atoms with Crippen LogP contribution in [0.15, 0.2) is 18.3 Å². The Kier molecular flexibility index (Phi) is 4.43. The van der Waals surface area contributed by atoms with E-state index in [0.29, 0.717) is 17.9 Å². The average Bonchev–Trinajstić information content (AvgIpc) is 2.79. The minimum Gasteiger partial charge on any atom is -0.356 e. The Balaban J connectivity index is 2.09. The molecule has 1 aliphatic rings. The smallest absolute Gasteiger partial charge is 0.232 e. The molecule has 1 N–H and O–H groups in total. The number of aromatic nitrogens is 1. The van der Waals surface area contributed by atoms with E-state index >= 15 is 0 Å². The van der Waals surface area contributed by atoms with Crippen LogP contribution in [-0.4, -0.2) is 52.2 Å². The Hall–Kier alpha value is -1.35. The van der Waals surface area contributed by atoms with E-state index in [2.05, 4.69) is 9.71 Å². The van der Waals surface area contributed by atoms with E-state index in [1.807, 2.05) is 4.90 Å². The predicted octanol–water partition coefficient (Wildman–Crippen LogP) is 0.466. The SMILES string of the molecule is CCS(=O)(=O)Nc1ccc(N(C)C2CCS(=O)(=O)C2)nc1. The van der Waals surface area contributed by atoms with Crippen LogP contribution >= 0.6 is 0 Å². The molecule has 118 valence electrons. The van der Waals surface area contributed by atoms with Crippen LogP contribution in [0, 0.1) is 0 Å². The van der Waals surface area contributed by atoms with Gasteiger partial charge in [0.15, 0.2) is 9.84 Å². The number of rotatable bonds is 5. The van der Waals surface area contributed by atoms with E-state index in [0.717, 1.165) is 0 Å². The number of pyridine rings is 1. The summed E-state index contributed by atoms with van der Waals surface area (Å²) in [5.74, 6) is 0.956. The highest BCUT2D eigenvalue weighted by Gasteiger charge is 2.31. The molecule has 0 spiro atoms. The van der Waals surface area contributed by atoms with Gasteiger partial charge in [0.1, 0.15) is 5.82 Å². The Labute approximate surface area is 125 Å². The predicted molar refractivity (Wildman–Crippen MR) is 82.8 cm³/mol. The highest BCUT2D eigenvalue weighted by molar-refractivity contribution is 7.92. The van der Waals surface area contributed by atoms with Gasteiger partial charge < -0.3 is 4.90 Å². The summed E-state index contributed by atoms with van der Waals surface area (Å²) in [6.45, 7) is 1.55. The Morgan fingerprint density at radius 2 is 2.14 bits per heavy atom. The minimum atomic E-state index is -3.32. The first-order valence-corrected chi connectivity index (χ1v) is 10.1. The molecular formula is C12H19N3O4S2. The van der Waals surface area contributed by atoms with Crippen LogP contribution in [-0.2, 0) is 19.9 Å². The minimum absolute atomic E-state index is 0.00537. The molecule has 0 saturated carbocycles. The summed E-state index contributed by atoms with van der Waals surface area (Å²) in [5, 5.41) is 0. The molecule has 1 fully saturated rings. The van der Waals surface area contributed by atoms with Gasteiger partial charge in [-0.25, -0.2) is 21.8 Å². The Morgan fingerprint density at radius 3 is 2.62 bits per heavy atom. The second kappa shape index (κ2) is 5.80. The molecule has 9 heteroatoms. The van der Waals surface area contributed by atoms with E-state index in [4.69, 9.17) is 0 Å². The van der Waals surface area contributed by atoms with E-state index in [1.54, 1.807) is 26.1 Å². The normalized spacial score (nSPS) is 21.1. The molecule has 0 radical (unpaired) electrons. The van der Waals surface area contributed by atoms with Crippen LogP contribution in [0.25, 0.3) is 0 Å². The fourth-order valence-electron chi connectivity index (χ4n) is 2.17. The molecule has 1 unspecified atom stereocenters. The maximum atomic E-state index is 11.5. The first-order chi connectivity index (χ1) is 9.72. The molecule has 2 rings (SSSR count). The monoisotopic (exact) mass is 333 g/mol. The van der Waals surface area contributed by atoms with Crippen LogP contribution < -0.4 is 9.62 Å². The molecule has 1 atom stereocenters.